The number of nitrogens with zero attached hydrogens (tertiary/aromatic N) is 1. The lowest BCUT2D eigenvalue weighted by molar-refractivity contribution is -0.119. The summed E-state index contributed by atoms with van der Waals surface area (Å²) in [4.78, 5) is 12.7. The average molecular weight is 479 g/mol. The SMILES string of the molecule is COc1ccccc1N(CC(=O)NCc1cccc(Cl)c1)S(=O)(=O)c1ccc(Cl)cc1. The molecule has 0 aliphatic carbocycles. The van der Waals surface area contributed by atoms with E-state index in [0.29, 0.717) is 15.8 Å². The number of sulfonamides is 1. The summed E-state index contributed by atoms with van der Waals surface area (Å²) >= 11 is 11.9. The number of halogens is 2. The summed E-state index contributed by atoms with van der Waals surface area (Å²) in [5, 5.41) is 3.68. The van der Waals surface area contributed by atoms with Crippen LogP contribution in [0.25, 0.3) is 0 Å². The summed E-state index contributed by atoms with van der Waals surface area (Å²) in [7, 11) is -2.64. The first kappa shape index (κ1) is 22.9. The van der Waals surface area contributed by atoms with Gasteiger partial charge in [-0.1, -0.05) is 47.5 Å². The number of methoxy groups -OCH3 is 1. The molecule has 31 heavy (non-hydrogen) atoms. The topological polar surface area (TPSA) is 75.7 Å². The molecule has 0 heterocycles. The molecule has 0 aromatic heterocycles. The van der Waals surface area contributed by atoms with Crippen molar-refractivity contribution in [1.29, 1.82) is 0 Å². The Morgan fingerprint density at radius 2 is 1.68 bits per heavy atom. The number of amides is 1. The lowest BCUT2D eigenvalue weighted by Gasteiger charge is -2.25. The van der Waals surface area contributed by atoms with Crippen LogP contribution in [0.15, 0.2) is 77.7 Å². The number of hydrogen-bond acceptors (Lipinski definition) is 4. The molecule has 0 saturated heterocycles. The third kappa shape index (κ3) is 5.70. The molecule has 0 fully saturated rings. The largest absolute Gasteiger partial charge is 0.495 e. The van der Waals surface area contributed by atoms with Crippen LogP contribution in [-0.4, -0.2) is 28.0 Å². The Balaban J connectivity index is 1.90. The Hall–Kier alpha value is -2.74. The average Bonchev–Trinajstić information content (AvgIpc) is 2.76. The highest BCUT2D eigenvalue weighted by Gasteiger charge is 2.29. The van der Waals surface area contributed by atoms with Gasteiger partial charge in [0.15, 0.2) is 0 Å². The molecule has 3 aromatic carbocycles. The van der Waals surface area contributed by atoms with Crippen molar-refractivity contribution in [3.05, 3.63) is 88.4 Å². The molecule has 0 spiro atoms. The third-order valence-corrected chi connectivity index (χ3v) is 6.68. The van der Waals surface area contributed by atoms with Crippen molar-refractivity contribution in [2.24, 2.45) is 0 Å². The van der Waals surface area contributed by atoms with Crippen molar-refractivity contribution in [2.75, 3.05) is 18.0 Å². The van der Waals surface area contributed by atoms with Gasteiger partial charge in [0, 0.05) is 16.6 Å². The van der Waals surface area contributed by atoms with Crippen LogP contribution in [0, 0.1) is 0 Å². The summed E-state index contributed by atoms with van der Waals surface area (Å²) in [6.45, 7) is -0.230. The summed E-state index contributed by atoms with van der Waals surface area (Å²) in [6.07, 6.45) is 0. The van der Waals surface area contributed by atoms with E-state index in [9.17, 15) is 13.2 Å². The molecule has 162 valence electrons. The van der Waals surface area contributed by atoms with E-state index in [0.717, 1.165) is 9.87 Å². The van der Waals surface area contributed by atoms with Crippen LogP contribution < -0.4 is 14.4 Å². The first-order valence-electron chi connectivity index (χ1n) is 9.24. The summed E-state index contributed by atoms with van der Waals surface area (Å²) in [6, 6.07) is 19.4. The van der Waals surface area contributed by atoms with E-state index in [4.69, 9.17) is 27.9 Å². The molecule has 3 aromatic rings. The van der Waals surface area contributed by atoms with E-state index in [1.807, 2.05) is 6.07 Å². The van der Waals surface area contributed by atoms with E-state index < -0.39 is 22.5 Å². The van der Waals surface area contributed by atoms with Crippen LogP contribution in [0.1, 0.15) is 5.56 Å². The van der Waals surface area contributed by atoms with E-state index in [-0.39, 0.29) is 17.1 Å². The fourth-order valence-electron chi connectivity index (χ4n) is 2.90. The minimum absolute atomic E-state index is 0.00504. The van der Waals surface area contributed by atoms with Gasteiger partial charge in [-0.25, -0.2) is 8.42 Å². The molecule has 0 unspecified atom stereocenters. The zero-order valence-corrected chi connectivity index (χ0v) is 18.9. The van der Waals surface area contributed by atoms with E-state index in [1.54, 1.807) is 42.5 Å². The first-order valence-corrected chi connectivity index (χ1v) is 11.4. The Morgan fingerprint density at radius 3 is 2.35 bits per heavy atom. The highest BCUT2D eigenvalue weighted by Crippen LogP contribution is 2.32. The second-order valence-corrected chi connectivity index (χ2v) is 9.28. The third-order valence-electron chi connectivity index (χ3n) is 4.42. The van der Waals surface area contributed by atoms with E-state index in [2.05, 4.69) is 5.32 Å². The maximum Gasteiger partial charge on any atom is 0.264 e. The second kappa shape index (κ2) is 10.0. The van der Waals surface area contributed by atoms with Gasteiger partial charge in [0.25, 0.3) is 10.0 Å². The van der Waals surface area contributed by atoms with E-state index in [1.165, 1.54) is 31.4 Å². The number of para-hydroxylation sites is 2. The Morgan fingerprint density at radius 1 is 0.968 bits per heavy atom. The number of nitrogens with one attached hydrogen (secondary N) is 1. The number of carbonyl (C=O) groups excluding carboxylic acids is 1. The van der Waals surface area contributed by atoms with Gasteiger partial charge < -0.3 is 10.1 Å². The summed E-state index contributed by atoms with van der Waals surface area (Å²) < 4.78 is 33.1. The van der Waals surface area contributed by atoms with Crippen LogP contribution >= 0.6 is 23.2 Å². The lowest BCUT2D eigenvalue weighted by atomic mass is 10.2. The Bertz CT molecular complexity index is 1170. The molecule has 9 heteroatoms. The van der Waals surface area contributed by atoms with Crippen molar-refractivity contribution in [3.63, 3.8) is 0 Å². The van der Waals surface area contributed by atoms with Crippen LogP contribution in [-0.2, 0) is 21.4 Å². The van der Waals surface area contributed by atoms with Gasteiger partial charge in [0.05, 0.1) is 17.7 Å². The van der Waals surface area contributed by atoms with Gasteiger partial charge >= 0.3 is 0 Å². The van der Waals surface area contributed by atoms with Crippen molar-refractivity contribution >= 4 is 44.8 Å². The predicted octanol–water partition coefficient (Wildman–Crippen LogP) is 4.51. The van der Waals surface area contributed by atoms with Gasteiger partial charge in [-0.3, -0.25) is 9.10 Å². The molecule has 0 bridgehead atoms. The normalized spacial score (nSPS) is 11.1. The second-order valence-electron chi connectivity index (χ2n) is 6.54. The Kier molecular flexibility index (Phi) is 7.43. The maximum absolute atomic E-state index is 13.4. The minimum atomic E-state index is -4.08. The number of rotatable bonds is 8. The summed E-state index contributed by atoms with van der Waals surface area (Å²) in [5.41, 5.74) is 1.04. The molecule has 6 nitrogen and oxygen atoms in total. The molecule has 0 aliphatic heterocycles. The molecule has 0 radical (unpaired) electrons. The van der Waals surface area contributed by atoms with E-state index >= 15 is 0 Å². The monoisotopic (exact) mass is 478 g/mol. The molecule has 1 amide bonds. The van der Waals surface area contributed by atoms with Crippen LogP contribution in [0.3, 0.4) is 0 Å². The van der Waals surface area contributed by atoms with Gasteiger partial charge in [-0.05, 0) is 54.1 Å². The maximum atomic E-state index is 13.4. The summed E-state index contributed by atoms with van der Waals surface area (Å²) in [5.74, 6) is -0.161. The molecular weight excluding hydrogens is 459 g/mol. The number of ether oxygens (including phenoxy) is 1. The molecule has 0 aliphatic rings. The van der Waals surface area contributed by atoms with Crippen molar-refractivity contribution in [2.45, 2.75) is 11.4 Å². The molecule has 3 rings (SSSR count). The molecule has 0 atom stereocenters. The van der Waals surface area contributed by atoms with Crippen molar-refractivity contribution < 1.29 is 17.9 Å². The van der Waals surface area contributed by atoms with Gasteiger partial charge in [-0.2, -0.15) is 0 Å². The highest BCUT2D eigenvalue weighted by atomic mass is 35.5. The highest BCUT2D eigenvalue weighted by molar-refractivity contribution is 7.92. The van der Waals surface area contributed by atoms with Crippen LogP contribution in [0.5, 0.6) is 5.75 Å². The van der Waals surface area contributed by atoms with Crippen LogP contribution in [0.2, 0.25) is 10.0 Å². The zero-order chi connectivity index (χ0) is 22.4. The molecular formula is C22H20Cl2N2O4S. The quantitative estimate of drug-likeness (QED) is 0.516. The number of hydrogen-bond donors (Lipinski definition) is 1. The van der Waals surface area contributed by atoms with Crippen LogP contribution in [0.4, 0.5) is 5.69 Å². The zero-order valence-electron chi connectivity index (χ0n) is 16.6. The molecule has 0 saturated carbocycles. The lowest BCUT2D eigenvalue weighted by Crippen LogP contribution is -2.40. The van der Waals surface area contributed by atoms with Crippen molar-refractivity contribution in [1.82, 2.24) is 5.32 Å². The van der Waals surface area contributed by atoms with Gasteiger partial charge in [0.2, 0.25) is 5.91 Å². The minimum Gasteiger partial charge on any atom is -0.495 e. The Labute approximate surface area is 191 Å². The van der Waals surface area contributed by atoms with Crippen molar-refractivity contribution in [3.8, 4) is 5.75 Å². The number of benzene rings is 3. The number of carbonyl (C=O) groups is 1. The first-order chi connectivity index (χ1) is 14.8. The fourth-order valence-corrected chi connectivity index (χ4v) is 4.67. The van der Waals surface area contributed by atoms with Gasteiger partial charge in [-0.15, -0.1) is 0 Å². The fraction of sp³-hybridized carbons (Fsp3) is 0.136. The number of anilines is 1. The standard InChI is InChI=1S/C22H20Cl2N2O4S/c1-30-21-8-3-2-7-20(21)26(31(28,29)19-11-9-17(23)10-12-19)15-22(27)25-14-16-5-4-6-18(24)13-16/h2-13H,14-15H2,1H3,(H,25,27). The van der Waals surface area contributed by atoms with Gasteiger partial charge in [0.1, 0.15) is 12.3 Å². The smallest absolute Gasteiger partial charge is 0.264 e. The molecule has 1 N–H and O–H groups in total. The predicted molar refractivity (Wildman–Crippen MR) is 122 cm³/mol.